The quantitative estimate of drug-likeness (QED) is 0.532. The number of halogens is 2. The van der Waals surface area contributed by atoms with Crippen LogP contribution >= 0.6 is 35.0 Å². The lowest BCUT2D eigenvalue weighted by atomic mass is 10.1. The topological polar surface area (TPSA) is 49.4 Å². The van der Waals surface area contributed by atoms with Crippen molar-refractivity contribution in [3.8, 4) is 0 Å². The fourth-order valence-electron chi connectivity index (χ4n) is 2.93. The van der Waals surface area contributed by atoms with Gasteiger partial charge in [0, 0.05) is 28.4 Å². The molecule has 4 nitrogen and oxygen atoms in total. The van der Waals surface area contributed by atoms with Gasteiger partial charge in [0.25, 0.3) is 0 Å². The summed E-state index contributed by atoms with van der Waals surface area (Å²) in [6.07, 6.45) is 0. The Hall–Kier alpha value is -1.69. The van der Waals surface area contributed by atoms with E-state index in [2.05, 4.69) is 5.32 Å². The van der Waals surface area contributed by atoms with Crippen molar-refractivity contribution >= 4 is 46.8 Å². The first-order chi connectivity index (χ1) is 14.2. The molecule has 2 amide bonds. The Balaban J connectivity index is 2.10. The molecule has 0 aromatic heterocycles. The molecule has 0 aliphatic heterocycles. The van der Waals surface area contributed by atoms with E-state index in [0.717, 1.165) is 16.7 Å². The van der Waals surface area contributed by atoms with Crippen LogP contribution in [0.3, 0.4) is 0 Å². The van der Waals surface area contributed by atoms with E-state index in [1.807, 2.05) is 51.1 Å². The highest BCUT2D eigenvalue weighted by atomic mass is 35.5. The van der Waals surface area contributed by atoms with Crippen LogP contribution in [0.4, 0.5) is 0 Å². The number of rotatable bonds is 9. The Morgan fingerprint density at radius 1 is 1.07 bits per heavy atom. The van der Waals surface area contributed by atoms with Crippen molar-refractivity contribution in [2.75, 3.05) is 5.75 Å². The van der Waals surface area contributed by atoms with Gasteiger partial charge in [-0.15, -0.1) is 11.8 Å². The second kappa shape index (κ2) is 11.6. The van der Waals surface area contributed by atoms with E-state index in [1.165, 1.54) is 11.8 Å². The third-order valence-electron chi connectivity index (χ3n) is 4.70. The van der Waals surface area contributed by atoms with Crippen molar-refractivity contribution in [2.24, 2.45) is 0 Å². The summed E-state index contributed by atoms with van der Waals surface area (Å²) in [4.78, 5) is 27.3. The van der Waals surface area contributed by atoms with Gasteiger partial charge in [0.15, 0.2) is 0 Å². The predicted molar refractivity (Wildman–Crippen MR) is 127 cm³/mol. The zero-order valence-corrected chi connectivity index (χ0v) is 20.1. The molecule has 2 aromatic rings. The molecule has 0 spiro atoms. The summed E-state index contributed by atoms with van der Waals surface area (Å²) < 4.78 is 0. The van der Waals surface area contributed by atoms with Gasteiger partial charge in [0.05, 0.1) is 5.75 Å². The first-order valence-corrected chi connectivity index (χ1v) is 11.8. The van der Waals surface area contributed by atoms with Gasteiger partial charge in [-0.2, -0.15) is 0 Å². The molecule has 2 aromatic carbocycles. The Kier molecular flexibility index (Phi) is 9.53. The minimum atomic E-state index is -0.570. The third-order valence-corrected chi connectivity index (χ3v) is 6.25. The molecule has 0 radical (unpaired) electrons. The molecule has 0 heterocycles. The number of nitrogens with one attached hydrogen (secondary N) is 1. The highest BCUT2D eigenvalue weighted by Crippen LogP contribution is 2.25. The summed E-state index contributed by atoms with van der Waals surface area (Å²) >= 11 is 13.6. The second-order valence-electron chi connectivity index (χ2n) is 7.52. The first-order valence-electron chi connectivity index (χ1n) is 9.85. The molecular weight excluding hydrogens is 439 g/mol. The van der Waals surface area contributed by atoms with Gasteiger partial charge in [-0.25, -0.2) is 0 Å². The van der Waals surface area contributed by atoms with Crippen LogP contribution in [0, 0.1) is 6.92 Å². The molecule has 0 bridgehead atoms. The maximum atomic E-state index is 13.1. The molecule has 0 saturated carbocycles. The largest absolute Gasteiger partial charge is 0.352 e. The van der Waals surface area contributed by atoms with E-state index in [1.54, 1.807) is 24.0 Å². The van der Waals surface area contributed by atoms with E-state index in [0.29, 0.717) is 22.3 Å². The van der Waals surface area contributed by atoms with Gasteiger partial charge in [-0.3, -0.25) is 9.59 Å². The zero-order chi connectivity index (χ0) is 22.3. The number of carbonyl (C=O) groups excluding carboxylic acids is 2. The minimum Gasteiger partial charge on any atom is -0.352 e. The van der Waals surface area contributed by atoms with Gasteiger partial charge in [0.1, 0.15) is 6.04 Å². The van der Waals surface area contributed by atoms with Crippen LogP contribution in [0.25, 0.3) is 0 Å². The molecule has 2 rings (SSSR count). The van der Waals surface area contributed by atoms with Crippen molar-refractivity contribution in [2.45, 2.75) is 52.1 Å². The highest BCUT2D eigenvalue weighted by molar-refractivity contribution is 7.99. The van der Waals surface area contributed by atoms with Gasteiger partial charge in [0.2, 0.25) is 11.8 Å². The summed E-state index contributed by atoms with van der Waals surface area (Å²) in [6.45, 7) is 7.98. The number of nitrogens with zero attached hydrogens (tertiary/aromatic N) is 1. The maximum Gasteiger partial charge on any atom is 0.242 e. The van der Waals surface area contributed by atoms with Crippen LogP contribution in [0.1, 0.15) is 37.5 Å². The smallest absolute Gasteiger partial charge is 0.242 e. The van der Waals surface area contributed by atoms with Crippen molar-refractivity contribution < 1.29 is 9.59 Å². The van der Waals surface area contributed by atoms with Crippen molar-refractivity contribution in [1.82, 2.24) is 10.2 Å². The van der Waals surface area contributed by atoms with Crippen LogP contribution in [0.2, 0.25) is 10.0 Å². The Labute approximate surface area is 193 Å². The molecule has 0 unspecified atom stereocenters. The van der Waals surface area contributed by atoms with Gasteiger partial charge >= 0.3 is 0 Å². The molecule has 30 heavy (non-hydrogen) atoms. The summed E-state index contributed by atoms with van der Waals surface area (Å²) in [5, 5.41) is 4.07. The van der Waals surface area contributed by atoms with Crippen molar-refractivity contribution in [1.29, 1.82) is 0 Å². The average Bonchev–Trinajstić information content (AvgIpc) is 2.68. The summed E-state index contributed by atoms with van der Waals surface area (Å²) in [5.41, 5.74) is 3.04. The summed E-state index contributed by atoms with van der Waals surface area (Å²) in [7, 11) is 0. The van der Waals surface area contributed by atoms with E-state index in [4.69, 9.17) is 23.2 Å². The van der Waals surface area contributed by atoms with Crippen molar-refractivity contribution in [3.05, 3.63) is 69.2 Å². The molecule has 1 N–H and O–H groups in total. The Bertz CT molecular complexity index is 889. The molecule has 162 valence electrons. The van der Waals surface area contributed by atoms with Gasteiger partial charge < -0.3 is 10.2 Å². The van der Waals surface area contributed by atoms with Gasteiger partial charge in [-0.05, 0) is 56.5 Å². The number of benzene rings is 2. The summed E-state index contributed by atoms with van der Waals surface area (Å²) in [5.74, 6) is 0.605. The second-order valence-corrected chi connectivity index (χ2v) is 9.35. The zero-order valence-electron chi connectivity index (χ0n) is 17.7. The highest BCUT2D eigenvalue weighted by Gasteiger charge is 2.26. The lowest BCUT2D eigenvalue weighted by Gasteiger charge is -2.30. The average molecular weight is 467 g/mol. The molecule has 0 saturated heterocycles. The minimum absolute atomic E-state index is 0.0109. The lowest BCUT2D eigenvalue weighted by Crippen LogP contribution is -2.49. The molecule has 7 heteroatoms. The fourth-order valence-corrected chi connectivity index (χ4v) is 4.40. The number of thioether (sulfide) groups is 1. The molecule has 1 atom stereocenters. The van der Waals surface area contributed by atoms with E-state index in [-0.39, 0.29) is 23.6 Å². The van der Waals surface area contributed by atoms with Crippen molar-refractivity contribution in [3.63, 3.8) is 0 Å². The van der Waals surface area contributed by atoms with Crippen LogP contribution < -0.4 is 5.32 Å². The Morgan fingerprint density at radius 2 is 1.77 bits per heavy atom. The fraction of sp³-hybridized carbons (Fsp3) is 0.391. The molecule has 0 aliphatic carbocycles. The number of aryl methyl sites for hydroxylation is 1. The Morgan fingerprint density at radius 3 is 2.40 bits per heavy atom. The molecular formula is C23H28Cl2N2O2S. The maximum absolute atomic E-state index is 13.1. The summed E-state index contributed by atoms with van der Waals surface area (Å²) in [6, 6.07) is 12.7. The van der Waals surface area contributed by atoms with Crippen LogP contribution in [0.5, 0.6) is 0 Å². The third kappa shape index (κ3) is 7.22. The number of carbonyl (C=O) groups is 2. The number of amides is 2. The van der Waals surface area contributed by atoms with Crippen LogP contribution in [-0.4, -0.2) is 34.6 Å². The standard InChI is InChI=1S/C23H28Cl2N2O2S/c1-15(2)26-23(29)17(4)27(12-18-8-6-5-7-16(18)3)22(28)14-30-13-19-9-10-20(24)11-21(19)25/h5-11,15,17H,12-14H2,1-4H3,(H,26,29)/t17-/m1/s1. The predicted octanol–water partition coefficient (Wildman–Crippen LogP) is 5.48. The first kappa shape index (κ1) is 24.6. The van der Waals surface area contributed by atoms with E-state index in [9.17, 15) is 9.59 Å². The van der Waals surface area contributed by atoms with Gasteiger partial charge in [-0.1, -0.05) is 53.5 Å². The SMILES string of the molecule is Cc1ccccc1CN(C(=O)CSCc1ccc(Cl)cc1Cl)[C@H](C)C(=O)NC(C)C. The lowest BCUT2D eigenvalue weighted by molar-refractivity contribution is -0.138. The monoisotopic (exact) mass is 466 g/mol. The van der Waals surface area contributed by atoms with E-state index >= 15 is 0 Å². The molecule has 0 aliphatic rings. The van der Waals surface area contributed by atoms with E-state index < -0.39 is 6.04 Å². The van der Waals surface area contributed by atoms with Crippen LogP contribution in [-0.2, 0) is 21.9 Å². The number of hydrogen-bond acceptors (Lipinski definition) is 3. The normalized spacial score (nSPS) is 12.0. The molecule has 0 fully saturated rings. The van der Waals surface area contributed by atoms with Crippen LogP contribution in [0.15, 0.2) is 42.5 Å². The number of hydrogen-bond donors (Lipinski definition) is 1.